The van der Waals surface area contributed by atoms with Crippen LogP contribution in [0.5, 0.6) is 0 Å². The fourth-order valence-electron chi connectivity index (χ4n) is 1.47. The number of H-pyrrole nitrogens is 1. The minimum Gasteiger partial charge on any atom is -0.396 e. The van der Waals surface area contributed by atoms with Crippen LogP contribution in [0.25, 0.3) is 0 Å². The van der Waals surface area contributed by atoms with Crippen molar-refractivity contribution in [2.24, 2.45) is 0 Å². The molecule has 2 aromatic heterocycles. The zero-order valence-corrected chi connectivity index (χ0v) is 9.20. The van der Waals surface area contributed by atoms with Crippen molar-refractivity contribution >= 4 is 11.5 Å². The minimum atomic E-state index is 0.680. The molecule has 0 aliphatic rings. The molecule has 0 aliphatic carbocycles. The average Bonchev–Trinajstić information content (AvgIpc) is 2.74. The summed E-state index contributed by atoms with van der Waals surface area (Å²) in [6.07, 6.45) is 6.18. The van der Waals surface area contributed by atoms with E-state index < -0.39 is 0 Å². The van der Waals surface area contributed by atoms with Gasteiger partial charge >= 0.3 is 0 Å². The summed E-state index contributed by atoms with van der Waals surface area (Å²) in [4.78, 5) is 11.4. The topological polar surface area (TPSA) is 79.6 Å². The first-order chi connectivity index (χ1) is 7.75. The monoisotopic (exact) mass is 217 g/mol. The van der Waals surface area contributed by atoms with Crippen molar-refractivity contribution in [1.82, 2.24) is 15.0 Å². The van der Waals surface area contributed by atoms with Gasteiger partial charge in [-0.2, -0.15) is 0 Å². The standard InChI is InChI=1S/C11H15N5/c1-8-6-9(12)11(16-7-8)15-3-2-10-13-4-5-14-10/h4-7H,2-3,12H2,1H3,(H,13,14)(H,15,16). The first-order valence-corrected chi connectivity index (χ1v) is 5.20. The molecule has 5 nitrogen and oxygen atoms in total. The number of aryl methyl sites for hydroxylation is 1. The zero-order valence-electron chi connectivity index (χ0n) is 9.20. The largest absolute Gasteiger partial charge is 0.396 e. The number of anilines is 2. The second-order valence-corrected chi connectivity index (χ2v) is 3.66. The van der Waals surface area contributed by atoms with Crippen LogP contribution in [0.1, 0.15) is 11.4 Å². The van der Waals surface area contributed by atoms with Crippen LogP contribution in [-0.4, -0.2) is 21.5 Å². The van der Waals surface area contributed by atoms with E-state index in [1.807, 2.05) is 19.2 Å². The van der Waals surface area contributed by atoms with Gasteiger partial charge in [0.25, 0.3) is 0 Å². The molecule has 0 aromatic carbocycles. The fourth-order valence-corrected chi connectivity index (χ4v) is 1.47. The Morgan fingerprint density at radius 3 is 3.00 bits per heavy atom. The molecule has 0 spiro atoms. The molecule has 2 heterocycles. The summed E-state index contributed by atoms with van der Waals surface area (Å²) in [7, 11) is 0. The van der Waals surface area contributed by atoms with E-state index in [1.54, 1.807) is 12.4 Å². The highest BCUT2D eigenvalue weighted by Gasteiger charge is 2.00. The van der Waals surface area contributed by atoms with Gasteiger partial charge in [-0.1, -0.05) is 0 Å². The molecular formula is C11H15N5. The summed E-state index contributed by atoms with van der Waals surface area (Å²) in [6.45, 7) is 2.73. The molecule has 0 saturated carbocycles. The first-order valence-electron chi connectivity index (χ1n) is 5.20. The predicted octanol–water partition coefficient (Wildman–Crippen LogP) is 1.35. The number of rotatable bonds is 4. The second-order valence-electron chi connectivity index (χ2n) is 3.66. The van der Waals surface area contributed by atoms with Crippen LogP contribution in [0.2, 0.25) is 0 Å². The van der Waals surface area contributed by atoms with Crippen molar-refractivity contribution in [1.29, 1.82) is 0 Å². The number of aromatic amines is 1. The summed E-state index contributed by atoms with van der Waals surface area (Å²) in [5.74, 6) is 1.69. The summed E-state index contributed by atoms with van der Waals surface area (Å²) in [5, 5.41) is 3.18. The lowest BCUT2D eigenvalue weighted by Gasteiger charge is -2.07. The van der Waals surface area contributed by atoms with Gasteiger partial charge in [-0.25, -0.2) is 9.97 Å². The number of imidazole rings is 1. The molecule has 2 aromatic rings. The second kappa shape index (κ2) is 4.65. The first kappa shape index (κ1) is 10.5. The Morgan fingerprint density at radius 2 is 2.31 bits per heavy atom. The maximum Gasteiger partial charge on any atom is 0.149 e. The molecule has 0 amide bonds. The Morgan fingerprint density at radius 1 is 1.44 bits per heavy atom. The van der Waals surface area contributed by atoms with Crippen molar-refractivity contribution in [2.45, 2.75) is 13.3 Å². The van der Waals surface area contributed by atoms with Gasteiger partial charge in [0.2, 0.25) is 0 Å². The number of nitrogens with two attached hydrogens (primary N) is 1. The molecule has 0 fully saturated rings. The van der Waals surface area contributed by atoms with Crippen molar-refractivity contribution in [2.75, 3.05) is 17.6 Å². The smallest absolute Gasteiger partial charge is 0.149 e. The average molecular weight is 217 g/mol. The number of hydrogen-bond acceptors (Lipinski definition) is 4. The highest BCUT2D eigenvalue weighted by molar-refractivity contribution is 5.61. The highest BCUT2D eigenvalue weighted by Crippen LogP contribution is 2.15. The van der Waals surface area contributed by atoms with E-state index >= 15 is 0 Å². The Kier molecular flexibility index (Phi) is 3.05. The van der Waals surface area contributed by atoms with E-state index in [1.165, 1.54) is 0 Å². The Labute approximate surface area is 94.1 Å². The maximum absolute atomic E-state index is 5.83. The third-order valence-corrected chi connectivity index (χ3v) is 2.26. The Bertz CT molecular complexity index is 449. The molecule has 0 saturated heterocycles. The van der Waals surface area contributed by atoms with Crippen LogP contribution in [0.15, 0.2) is 24.7 Å². The van der Waals surface area contributed by atoms with Crippen LogP contribution in [0.3, 0.4) is 0 Å². The highest BCUT2D eigenvalue weighted by atomic mass is 15.0. The van der Waals surface area contributed by atoms with Crippen molar-refractivity contribution in [3.8, 4) is 0 Å². The number of pyridine rings is 1. The third-order valence-electron chi connectivity index (χ3n) is 2.26. The van der Waals surface area contributed by atoms with E-state index in [0.29, 0.717) is 5.69 Å². The number of aromatic nitrogens is 3. The lowest BCUT2D eigenvalue weighted by molar-refractivity contribution is 0.922. The summed E-state index contributed by atoms with van der Waals surface area (Å²) >= 11 is 0. The molecule has 16 heavy (non-hydrogen) atoms. The van der Waals surface area contributed by atoms with E-state index in [9.17, 15) is 0 Å². The van der Waals surface area contributed by atoms with Crippen LogP contribution in [0, 0.1) is 6.92 Å². The summed E-state index contributed by atoms with van der Waals surface area (Å²) in [5.41, 5.74) is 7.58. The SMILES string of the molecule is Cc1cnc(NCCc2ncc[nH]2)c(N)c1. The molecule has 0 bridgehead atoms. The zero-order chi connectivity index (χ0) is 11.4. The number of nitrogen functional groups attached to an aromatic ring is 1. The number of nitrogens with zero attached hydrogens (tertiary/aromatic N) is 2. The van der Waals surface area contributed by atoms with E-state index in [2.05, 4.69) is 20.3 Å². The van der Waals surface area contributed by atoms with Crippen LogP contribution in [0.4, 0.5) is 11.5 Å². The van der Waals surface area contributed by atoms with E-state index in [-0.39, 0.29) is 0 Å². The maximum atomic E-state index is 5.83. The molecule has 0 atom stereocenters. The van der Waals surface area contributed by atoms with Crippen molar-refractivity contribution < 1.29 is 0 Å². The molecule has 4 N–H and O–H groups in total. The lowest BCUT2D eigenvalue weighted by atomic mass is 10.3. The Hall–Kier alpha value is -2.04. The van der Waals surface area contributed by atoms with Gasteiger partial charge in [0, 0.05) is 31.6 Å². The van der Waals surface area contributed by atoms with Crippen molar-refractivity contribution in [3.63, 3.8) is 0 Å². The molecule has 84 valence electrons. The summed E-state index contributed by atoms with van der Waals surface area (Å²) in [6, 6.07) is 1.90. The van der Waals surface area contributed by atoms with Gasteiger partial charge in [-0.05, 0) is 18.6 Å². The molecule has 0 unspecified atom stereocenters. The third kappa shape index (κ3) is 2.50. The quantitative estimate of drug-likeness (QED) is 0.722. The molecule has 0 aliphatic heterocycles. The minimum absolute atomic E-state index is 0.680. The normalized spacial score (nSPS) is 10.3. The summed E-state index contributed by atoms with van der Waals surface area (Å²) < 4.78 is 0. The van der Waals surface area contributed by atoms with E-state index in [4.69, 9.17) is 5.73 Å². The molecule has 0 radical (unpaired) electrons. The molecular weight excluding hydrogens is 202 g/mol. The van der Waals surface area contributed by atoms with Gasteiger partial charge in [-0.15, -0.1) is 0 Å². The van der Waals surface area contributed by atoms with Crippen LogP contribution >= 0.6 is 0 Å². The van der Waals surface area contributed by atoms with E-state index in [0.717, 1.165) is 30.2 Å². The number of nitrogens with one attached hydrogen (secondary N) is 2. The van der Waals surface area contributed by atoms with Gasteiger partial charge in [0.05, 0.1) is 5.69 Å². The van der Waals surface area contributed by atoms with Gasteiger partial charge in [0.1, 0.15) is 11.6 Å². The van der Waals surface area contributed by atoms with Crippen LogP contribution < -0.4 is 11.1 Å². The fraction of sp³-hybridized carbons (Fsp3) is 0.273. The van der Waals surface area contributed by atoms with Gasteiger partial charge in [-0.3, -0.25) is 0 Å². The number of hydrogen-bond donors (Lipinski definition) is 3. The van der Waals surface area contributed by atoms with Crippen LogP contribution in [-0.2, 0) is 6.42 Å². The molecule has 2 rings (SSSR count). The lowest BCUT2D eigenvalue weighted by Crippen LogP contribution is -2.09. The predicted molar refractivity (Wildman–Crippen MR) is 64.2 cm³/mol. The van der Waals surface area contributed by atoms with Crippen molar-refractivity contribution in [3.05, 3.63) is 36.0 Å². The van der Waals surface area contributed by atoms with Gasteiger partial charge in [0.15, 0.2) is 0 Å². The van der Waals surface area contributed by atoms with Gasteiger partial charge < -0.3 is 16.0 Å². The molecule has 5 heteroatoms. The Balaban J connectivity index is 1.90.